The van der Waals surface area contributed by atoms with Crippen LogP contribution in [0.4, 0.5) is 10.6 Å². The van der Waals surface area contributed by atoms with Gasteiger partial charge in [-0.15, -0.1) is 11.3 Å². The van der Waals surface area contributed by atoms with E-state index in [0.717, 1.165) is 67.8 Å². The van der Waals surface area contributed by atoms with E-state index in [9.17, 15) is 4.79 Å². The van der Waals surface area contributed by atoms with Gasteiger partial charge in [-0.25, -0.2) is 14.8 Å². The molecule has 158 valence electrons. The van der Waals surface area contributed by atoms with Crippen LogP contribution < -0.4 is 4.90 Å². The van der Waals surface area contributed by atoms with Crippen molar-refractivity contribution in [2.45, 2.75) is 27.3 Å². The zero-order valence-corrected chi connectivity index (χ0v) is 18.3. The molecule has 2 saturated heterocycles. The fourth-order valence-corrected chi connectivity index (χ4v) is 4.89. The van der Waals surface area contributed by atoms with E-state index in [4.69, 9.17) is 19.4 Å². The van der Waals surface area contributed by atoms with Gasteiger partial charge in [0.25, 0.3) is 0 Å². The minimum absolute atomic E-state index is 0.226. The zero-order valence-electron chi connectivity index (χ0n) is 17.4. The van der Waals surface area contributed by atoms with Crippen LogP contribution >= 0.6 is 11.3 Å². The van der Waals surface area contributed by atoms with Gasteiger partial charge in [-0.1, -0.05) is 0 Å². The number of amides is 1. The van der Waals surface area contributed by atoms with Crippen LogP contribution in [0.3, 0.4) is 0 Å². The highest BCUT2D eigenvalue weighted by molar-refractivity contribution is 7.18. The number of nitrogens with zero attached hydrogens (tertiary/aromatic N) is 5. The molecular formula is C20H29N5O3S. The number of fused-ring (bicyclic) bond motifs is 1. The van der Waals surface area contributed by atoms with E-state index in [0.29, 0.717) is 19.7 Å². The van der Waals surface area contributed by atoms with E-state index < -0.39 is 0 Å². The van der Waals surface area contributed by atoms with E-state index in [2.05, 4.69) is 23.6 Å². The molecule has 29 heavy (non-hydrogen) atoms. The van der Waals surface area contributed by atoms with E-state index in [1.807, 2.05) is 6.92 Å². The second-order valence-electron chi connectivity index (χ2n) is 7.49. The van der Waals surface area contributed by atoms with E-state index >= 15 is 0 Å². The number of ether oxygens (including phenoxy) is 2. The van der Waals surface area contributed by atoms with Crippen molar-refractivity contribution in [2.24, 2.45) is 0 Å². The van der Waals surface area contributed by atoms with Crippen molar-refractivity contribution in [1.82, 2.24) is 19.8 Å². The summed E-state index contributed by atoms with van der Waals surface area (Å²) in [5, 5.41) is 1.16. The smallest absolute Gasteiger partial charge is 0.409 e. The lowest BCUT2D eigenvalue weighted by Crippen LogP contribution is -2.49. The third-order valence-corrected chi connectivity index (χ3v) is 6.73. The first-order valence-corrected chi connectivity index (χ1v) is 11.1. The molecule has 2 aromatic rings. The molecule has 0 radical (unpaired) electrons. The van der Waals surface area contributed by atoms with Gasteiger partial charge in [0.05, 0.1) is 31.8 Å². The molecular weight excluding hydrogens is 390 g/mol. The molecule has 0 N–H and O–H groups in total. The maximum Gasteiger partial charge on any atom is 0.409 e. The van der Waals surface area contributed by atoms with Crippen molar-refractivity contribution in [1.29, 1.82) is 0 Å². The van der Waals surface area contributed by atoms with Crippen LogP contribution in [0.2, 0.25) is 0 Å². The number of carbonyl (C=O) groups excluding carboxylic acids is 1. The summed E-state index contributed by atoms with van der Waals surface area (Å²) in [4.78, 5) is 30.7. The molecule has 0 spiro atoms. The Bertz CT molecular complexity index is 873. The Balaban J connectivity index is 1.59. The second-order valence-corrected chi connectivity index (χ2v) is 8.69. The molecule has 2 aliphatic heterocycles. The van der Waals surface area contributed by atoms with Crippen LogP contribution in [0.5, 0.6) is 0 Å². The van der Waals surface area contributed by atoms with Crippen LogP contribution in [0.15, 0.2) is 0 Å². The van der Waals surface area contributed by atoms with Gasteiger partial charge in [0, 0.05) is 44.1 Å². The summed E-state index contributed by atoms with van der Waals surface area (Å²) < 4.78 is 10.6. The maximum atomic E-state index is 12.0. The van der Waals surface area contributed by atoms with Crippen molar-refractivity contribution in [3.05, 3.63) is 16.3 Å². The number of aromatic nitrogens is 2. The first-order valence-electron chi connectivity index (χ1n) is 10.3. The summed E-state index contributed by atoms with van der Waals surface area (Å²) >= 11 is 1.74. The van der Waals surface area contributed by atoms with Gasteiger partial charge >= 0.3 is 6.09 Å². The molecule has 4 rings (SSSR count). The lowest BCUT2D eigenvalue weighted by Gasteiger charge is -2.35. The van der Waals surface area contributed by atoms with Crippen LogP contribution in [0, 0.1) is 13.8 Å². The minimum Gasteiger partial charge on any atom is -0.450 e. The van der Waals surface area contributed by atoms with Gasteiger partial charge in [0.15, 0.2) is 0 Å². The largest absolute Gasteiger partial charge is 0.450 e. The number of carbonyl (C=O) groups is 1. The number of thiophene rings is 1. The van der Waals surface area contributed by atoms with E-state index in [-0.39, 0.29) is 6.09 Å². The number of morpholine rings is 1. The zero-order chi connectivity index (χ0) is 20.4. The summed E-state index contributed by atoms with van der Waals surface area (Å²) in [6, 6.07) is 0. The highest BCUT2D eigenvalue weighted by Crippen LogP contribution is 2.35. The molecule has 1 amide bonds. The van der Waals surface area contributed by atoms with Gasteiger partial charge in [-0.05, 0) is 26.3 Å². The van der Waals surface area contributed by atoms with Crippen LogP contribution in [0.25, 0.3) is 10.2 Å². The predicted octanol–water partition coefficient (Wildman–Crippen LogP) is 2.42. The number of piperazine rings is 1. The van der Waals surface area contributed by atoms with Crippen molar-refractivity contribution in [3.63, 3.8) is 0 Å². The third kappa shape index (κ3) is 4.31. The van der Waals surface area contributed by atoms with Crippen molar-refractivity contribution >= 4 is 33.5 Å². The Labute approximate surface area is 175 Å². The van der Waals surface area contributed by atoms with Gasteiger partial charge < -0.3 is 19.3 Å². The fraction of sp³-hybridized carbons (Fsp3) is 0.650. The number of rotatable bonds is 4. The molecule has 0 aliphatic carbocycles. The lowest BCUT2D eigenvalue weighted by molar-refractivity contribution is 0.0331. The molecule has 0 aromatic carbocycles. The Morgan fingerprint density at radius 2 is 1.83 bits per heavy atom. The SMILES string of the molecule is CCOC(=O)N1CCN(c2nc(CN3CCOCC3)nc3sc(C)c(C)c23)CC1. The Hall–Kier alpha value is -1.97. The number of hydrogen-bond donors (Lipinski definition) is 0. The summed E-state index contributed by atoms with van der Waals surface area (Å²) in [5.74, 6) is 1.87. The molecule has 2 aliphatic rings. The van der Waals surface area contributed by atoms with Crippen LogP contribution in [0.1, 0.15) is 23.2 Å². The Morgan fingerprint density at radius 3 is 2.52 bits per heavy atom. The standard InChI is InChI=1S/C20H29N5O3S/c1-4-28-20(26)25-7-5-24(6-8-25)18-17-14(2)15(3)29-19(17)22-16(21-18)13-23-9-11-27-12-10-23/h4-13H2,1-3H3. The average Bonchev–Trinajstić information content (AvgIpc) is 3.02. The number of aryl methyl sites for hydroxylation is 2. The van der Waals surface area contributed by atoms with Crippen LogP contribution in [-0.4, -0.2) is 85.0 Å². The molecule has 4 heterocycles. The topological polar surface area (TPSA) is 71.0 Å². The molecule has 2 fully saturated rings. The Morgan fingerprint density at radius 1 is 1.10 bits per heavy atom. The molecule has 2 aromatic heterocycles. The maximum absolute atomic E-state index is 12.0. The predicted molar refractivity (Wildman–Crippen MR) is 114 cm³/mol. The number of anilines is 1. The molecule has 9 heteroatoms. The quantitative estimate of drug-likeness (QED) is 0.754. The number of hydrogen-bond acceptors (Lipinski definition) is 8. The Kier molecular flexibility index (Phi) is 6.17. The van der Waals surface area contributed by atoms with Gasteiger partial charge in [0.1, 0.15) is 16.5 Å². The van der Waals surface area contributed by atoms with E-state index in [1.54, 1.807) is 16.2 Å². The highest BCUT2D eigenvalue weighted by Gasteiger charge is 2.26. The monoisotopic (exact) mass is 419 g/mol. The second kappa shape index (κ2) is 8.81. The first kappa shape index (κ1) is 20.3. The van der Waals surface area contributed by atoms with Crippen LogP contribution in [-0.2, 0) is 16.0 Å². The molecule has 0 bridgehead atoms. The van der Waals surface area contributed by atoms with Crippen molar-refractivity contribution in [3.8, 4) is 0 Å². The van der Waals surface area contributed by atoms with Gasteiger partial charge in [-0.2, -0.15) is 0 Å². The fourth-order valence-electron chi connectivity index (χ4n) is 3.85. The van der Waals surface area contributed by atoms with E-state index in [1.165, 1.54) is 10.4 Å². The summed E-state index contributed by atoms with van der Waals surface area (Å²) in [7, 11) is 0. The van der Waals surface area contributed by atoms with Crippen molar-refractivity contribution < 1.29 is 14.3 Å². The molecule has 0 unspecified atom stereocenters. The summed E-state index contributed by atoms with van der Waals surface area (Å²) in [5.41, 5.74) is 1.26. The first-order chi connectivity index (χ1) is 14.1. The summed E-state index contributed by atoms with van der Waals surface area (Å²) in [6.45, 7) is 13.4. The lowest BCUT2D eigenvalue weighted by atomic mass is 10.2. The van der Waals surface area contributed by atoms with Crippen molar-refractivity contribution in [2.75, 3.05) is 64.0 Å². The third-order valence-electron chi connectivity index (χ3n) is 5.63. The minimum atomic E-state index is -0.226. The highest BCUT2D eigenvalue weighted by atomic mass is 32.1. The molecule has 0 saturated carbocycles. The molecule has 8 nitrogen and oxygen atoms in total. The molecule has 0 atom stereocenters. The summed E-state index contributed by atoms with van der Waals surface area (Å²) in [6.07, 6.45) is -0.226. The average molecular weight is 420 g/mol. The van der Waals surface area contributed by atoms with Gasteiger partial charge in [-0.3, -0.25) is 4.90 Å². The van der Waals surface area contributed by atoms with Gasteiger partial charge in [0.2, 0.25) is 0 Å². The normalized spacial score (nSPS) is 18.4.